The van der Waals surface area contributed by atoms with Crippen LogP contribution in [0.3, 0.4) is 0 Å². The summed E-state index contributed by atoms with van der Waals surface area (Å²) in [6, 6.07) is 2.05. The average Bonchev–Trinajstić information content (AvgIpc) is 2.90. The Morgan fingerprint density at radius 1 is 1.28 bits per heavy atom. The third-order valence-electron chi connectivity index (χ3n) is 4.08. The molecule has 0 radical (unpaired) electrons. The maximum atomic E-state index is 6.17. The minimum absolute atomic E-state index is 0.311. The van der Waals surface area contributed by atoms with E-state index in [2.05, 4.69) is 20.9 Å². The summed E-state index contributed by atoms with van der Waals surface area (Å²) in [6.45, 7) is 3.53. The van der Waals surface area contributed by atoms with Crippen LogP contribution >= 0.6 is 11.3 Å². The van der Waals surface area contributed by atoms with Gasteiger partial charge in [0, 0.05) is 6.54 Å². The van der Waals surface area contributed by atoms with E-state index in [1.165, 1.54) is 25.9 Å². The van der Waals surface area contributed by atoms with Crippen LogP contribution in [0, 0.1) is 5.92 Å². The largest absolute Gasteiger partial charge is 0.472 e. The van der Waals surface area contributed by atoms with Crippen molar-refractivity contribution in [3.63, 3.8) is 0 Å². The van der Waals surface area contributed by atoms with Gasteiger partial charge in [0.25, 0.3) is 0 Å². The van der Waals surface area contributed by atoms with Gasteiger partial charge in [-0.1, -0.05) is 0 Å². The van der Waals surface area contributed by atoms with Gasteiger partial charge in [0.1, 0.15) is 17.3 Å². The monoisotopic (exact) mass is 261 g/mol. The summed E-state index contributed by atoms with van der Waals surface area (Å²) in [4.78, 5) is 12.1. The van der Waals surface area contributed by atoms with Gasteiger partial charge in [-0.25, -0.2) is 9.97 Å². The lowest BCUT2D eigenvalue weighted by Crippen LogP contribution is -2.52. The van der Waals surface area contributed by atoms with Crippen LogP contribution in [0.2, 0.25) is 0 Å². The number of aromatic nitrogens is 2. The van der Waals surface area contributed by atoms with Crippen molar-refractivity contribution in [3.05, 3.63) is 17.8 Å². The smallest absolute Gasteiger partial charge is 0.225 e. The maximum Gasteiger partial charge on any atom is 0.225 e. The molecule has 1 atom stereocenters. The normalized spacial score (nSPS) is 30.8. The molecule has 5 heterocycles. The molecule has 2 bridgehead atoms. The number of hydrogen-bond acceptors (Lipinski definition) is 5. The number of piperidine rings is 3. The summed E-state index contributed by atoms with van der Waals surface area (Å²) in [5.41, 5.74) is 0. The van der Waals surface area contributed by atoms with Gasteiger partial charge in [0.05, 0.1) is 5.39 Å². The highest BCUT2D eigenvalue weighted by atomic mass is 32.1. The number of fused-ring (bicyclic) bond motifs is 4. The molecule has 5 heteroatoms. The summed E-state index contributed by atoms with van der Waals surface area (Å²) in [5.74, 6) is 1.47. The fourth-order valence-corrected chi connectivity index (χ4v) is 3.77. The lowest BCUT2D eigenvalue weighted by molar-refractivity contribution is -0.00914. The van der Waals surface area contributed by atoms with Gasteiger partial charge in [-0.15, -0.1) is 11.3 Å². The third-order valence-corrected chi connectivity index (χ3v) is 4.91. The molecule has 0 saturated carbocycles. The van der Waals surface area contributed by atoms with Crippen LogP contribution < -0.4 is 4.74 Å². The van der Waals surface area contributed by atoms with E-state index < -0.39 is 0 Å². The Morgan fingerprint density at radius 2 is 2.17 bits per heavy atom. The molecule has 2 aromatic rings. The zero-order valence-electron chi connectivity index (χ0n) is 10.1. The Kier molecular flexibility index (Phi) is 2.48. The zero-order chi connectivity index (χ0) is 11.9. The molecule has 3 saturated heterocycles. The first kappa shape index (κ1) is 10.7. The van der Waals surface area contributed by atoms with E-state index in [1.807, 2.05) is 5.38 Å². The van der Waals surface area contributed by atoms with E-state index in [4.69, 9.17) is 4.74 Å². The maximum absolute atomic E-state index is 6.17. The quantitative estimate of drug-likeness (QED) is 0.830. The van der Waals surface area contributed by atoms with Crippen LogP contribution in [-0.4, -0.2) is 40.6 Å². The first-order valence-electron chi connectivity index (χ1n) is 6.47. The molecule has 1 unspecified atom stereocenters. The molecule has 18 heavy (non-hydrogen) atoms. The molecule has 0 aliphatic carbocycles. The summed E-state index contributed by atoms with van der Waals surface area (Å²) in [7, 11) is 0. The standard InChI is InChI=1S/C13H15N3OS/c1-4-16-5-2-9(1)11(7-16)17-12-10-3-6-18-13(10)15-8-14-12/h3,6,8-9,11H,1-2,4-5,7H2. The highest BCUT2D eigenvalue weighted by Crippen LogP contribution is 2.32. The number of thiophene rings is 1. The predicted octanol–water partition coefficient (Wildman–Crippen LogP) is 2.16. The summed E-state index contributed by atoms with van der Waals surface area (Å²) in [6.07, 6.45) is 4.45. The summed E-state index contributed by atoms with van der Waals surface area (Å²) < 4.78 is 6.17. The molecule has 5 rings (SSSR count). The second-order valence-electron chi connectivity index (χ2n) is 5.11. The Morgan fingerprint density at radius 3 is 2.94 bits per heavy atom. The zero-order valence-corrected chi connectivity index (χ0v) is 10.9. The second-order valence-corrected chi connectivity index (χ2v) is 6.01. The van der Waals surface area contributed by atoms with Crippen LogP contribution in [0.5, 0.6) is 5.88 Å². The highest BCUT2D eigenvalue weighted by Gasteiger charge is 2.35. The minimum Gasteiger partial charge on any atom is -0.472 e. The topological polar surface area (TPSA) is 38.2 Å². The first-order chi connectivity index (χ1) is 8.90. The van der Waals surface area contributed by atoms with Gasteiger partial charge < -0.3 is 4.74 Å². The van der Waals surface area contributed by atoms with Crippen molar-refractivity contribution in [1.29, 1.82) is 0 Å². The van der Waals surface area contributed by atoms with Gasteiger partial charge in [0.15, 0.2) is 0 Å². The van der Waals surface area contributed by atoms with Crippen LogP contribution in [0.1, 0.15) is 12.8 Å². The lowest BCUT2D eigenvalue weighted by atomic mass is 9.86. The van der Waals surface area contributed by atoms with Crippen LogP contribution in [0.15, 0.2) is 17.8 Å². The van der Waals surface area contributed by atoms with Gasteiger partial charge in [0.2, 0.25) is 5.88 Å². The Balaban J connectivity index is 1.62. The van der Waals surface area contributed by atoms with Crippen molar-refractivity contribution in [2.75, 3.05) is 19.6 Å². The van der Waals surface area contributed by atoms with Crippen molar-refractivity contribution in [2.45, 2.75) is 18.9 Å². The Hall–Kier alpha value is -1.20. The van der Waals surface area contributed by atoms with E-state index in [0.717, 1.165) is 22.6 Å². The summed E-state index contributed by atoms with van der Waals surface area (Å²) >= 11 is 1.64. The molecule has 0 spiro atoms. The lowest BCUT2D eigenvalue weighted by Gasteiger charge is -2.44. The van der Waals surface area contributed by atoms with E-state index in [-0.39, 0.29) is 0 Å². The van der Waals surface area contributed by atoms with Crippen molar-refractivity contribution < 1.29 is 4.74 Å². The highest BCUT2D eigenvalue weighted by molar-refractivity contribution is 7.16. The molecule has 3 aliphatic heterocycles. The summed E-state index contributed by atoms with van der Waals surface area (Å²) in [5, 5.41) is 3.10. The van der Waals surface area contributed by atoms with Crippen molar-refractivity contribution >= 4 is 21.6 Å². The fourth-order valence-electron chi connectivity index (χ4n) is 3.05. The van der Waals surface area contributed by atoms with E-state index in [1.54, 1.807) is 17.7 Å². The number of hydrogen-bond donors (Lipinski definition) is 0. The van der Waals surface area contributed by atoms with Gasteiger partial charge in [-0.3, -0.25) is 4.90 Å². The molecular formula is C13H15N3OS. The van der Waals surface area contributed by atoms with Gasteiger partial charge >= 0.3 is 0 Å². The van der Waals surface area contributed by atoms with Crippen molar-refractivity contribution in [3.8, 4) is 5.88 Å². The minimum atomic E-state index is 0.311. The SMILES string of the molecule is c1nc(OC2CN3CCC2CC3)c2ccsc2n1. The number of ether oxygens (including phenoxy) is 1. The molecule has 2 aromatic heterocycles. The van der Waals surface area contributed by atoms with Gasteiger partial charge in [-0.05, 0) is 43.3 Å². The number of rotatable bonds is 2. The second kappa shape index (κ2) is 4.17. The van der Waals surface area contributed by atoms with Crippen LogP contribution in [0.25, 0.3) is 10.2 Å². The third kappa shape index (κ3) is 1.69. The molecule has 4 nitrogen and oxygen atoms in total. The predicted molar refractivity (Wildman–Crippen MR) is 71.0 cm³/mol. The molecule has 0 amide bonds. The van der Waals surface area contributed by atoms with Crippen molar-refractivity contribution in [2.24, 2.45) is 5.92 Å². The van der Waals surface area contributed by atoms with Gasteiger partial charge in [-0.2, -0.15) is 0 Å². The van der Waals surface area contributed by atoms with E-state index in [9.17, 15) is 0 Å². The fraction of sp³-hybridized carbons (Fsp3) is 0.538. The molecule has 3 fully saturated rings. The molecule has 3 aliphatic rings. The molecule has 0 N–H and O–H groups in total. The molecule has 0 aromatic carbocycles. The van der Waals surface area contributed by atoms with E-state index >= 15 is 0 Å². The molecule has 94 valence electrons. The Bertz CT molecular complexity index is 562. The molecular weight excluding hydrogens is 246 g/mol. The van der Waals surface area contributed by atoms with Crippen LogP contribution in [-0.2, 0) is 0 Å². The average molecular weight is 261 g/mol. The van der Waals surface area contributed by atoms with Crippen LogP contribution in [0.4, 0.5) is 0 Å². The number of nitrogens with zero attached hydrogens (tertiary/aromatic N) is 3. The first-order valence-corrected chi connectivity index (χ1v) is 7.35. The van der Waals surface area contributed by atoms with E-state index in [0.29, 0.717) is 12.0 Å². The van der Waals surface area contributed by atoms with Crippen molar-refractivity contribution in [1.82, 2.24) is 14.9 Å². The Labute approximate surface area is 110 Å².